The van der Waals surface area contributed by atoms with Crippen molar-refractivity contribution in [3.05, 3.63) is 29.3 Å². The van der Waals surface area contributed by atoms with Gasteiger partial charge in [0.15, 0.2) is 0 Å². The van der Waals surface area contributed by atoms with Crippen LogP contribution in [0.4, 0.5) is 0 Å². The lowest BCUT2D eigenvalue weighted by atomic mass is 10.1. The predicted octanol–water partition coefficient (Wildman–Crippen LogP) is 2.61. The summed E-state index contributed by atoms with van der Waals surface area (Å²) in [5, 5.41) is 3.18. The van der Waals surface area contributed by atoms with E-state index in [1.807, 2.05) is 32.0 Å². The summed E-state index contributed by atoms with van der Waals surface area (Å²) in [6.45, 7) is 8.60. The van der Waals surface area contributed by atoms with Gasteiger partial charge >= 0.3 is 5.97 Å². The molecule has 0 bridgehead atoms. The molecule has 0 saturated heterocycles. The van der Waals surface area contributed by atoms with Crippen molar-refractivity contribution < 1.29 is 14.3 Å². The fourth-order valence-corrected chi connectivity index (χ4v) is 1.91. The zero-order valence-electron chi connectivity index (χ0n) is 13.0. The maximum absolute atomic E-state index is 11.6. The van der Waals surface area contributed by atoms with Crippen molar-refractivity contribution >= 4 is 5.97 Å². The minimum atomic E-state index is -0.327. The summed E-state index contributed by atoms with van der Waals surface area (Å²) in [7, 11) is 1.40. The van der Waals surface area contributed by atoms with Crippen LogP contribution in [0.2, 0.25) is 0 Å². The number of rotatable bonds is 7. The first-order valence-electron chi connectivity index (χ1n) is 6.98. The van der Waals surface area contributed by atoms with E-state index < -0.39 is 0 Å². The van der Waals surface area contributed by atoms with Crippen molar-refractivity contribution in [2.24, 2.45) is 0 Å². The van der Waals surface area contributed by atoms with E-state index >= 15 is 0 Å². The number of benzene rings is 1. The normalized spacial score (nSPS) is 12.3. The highest BCUT2D eigenvalue weighted by Gasteiger charge is 2.19. The standard InChI is InChI=1S/C16H25NO3/c1-11(2)17-15(16(18)19-5)8-9-20-14-7-6-12(3)13(4)10-14/h6-7,10-11,15,17H,8-9H2,1-5H3. The van der Waals surface area contributed by atoms with Gasteiger partial charge in [-0.3, -0.25) is 4.79 Å². The van der Waals surface area contributed by atoms with Gasteiger partial charge in [-0.2, -0.15) is 0 Å². The van der Waals surface area contributed by atoms with Crippen molar-refractivity contribution in [3.63, 3.8) is 0 Å². The first kappa shape index (κ1) is 16.5. The molecule has 1 atom stereocenters. The largest absolute Gasteiger partial charge is 0.494 e. The van der Waals surface area contributed by atoms with Crippen LogP contribution in [0, 0.1) is 13.8 Å². The van der Waals surface area contributed by atoms with Gasteiger partial charge in [-0.1, -0.05) is 19.9 Å². The number of methoxy groups -OCH3 is 1. The number of aryl methyl sites for hydroxylation is 2. The molecule has 0 amide bonds. The van der Waals surface area contributed by atoms with Crippen LogP contribution < -0.4 is 10.1 Å². The first-order chi connectivity index (χ1) is 9.43. The lowest BCUT2D eigenvalue weighted by Crippen LogP contribution is -2.42. The van der Waals surface area contributed by atoms with Crippen LogP contribution in [0.1, 0.15) is 31.4 Å². The molecule has 0 aliphatic heterocycles. The Labute approximate surface area is 121 Å². The Morgan fingerprint density at radius 2 is 1.95 bits per heavy atom. The number of esters is 1. The third-order valence-electron chi connectivity index (χ3n) is 3.17. The van der Waals surface area contributed by atoms with E-state index in [4.69, 9.17) is 9.47 Å². The topological polar surface area (TPSA) is 47.6 Å². The summed E-state index contributed by atoms with van der Waals surface area (Å²) in [6.07, 6.45) is 0.581. The average Bonchev–Trinajstić information content (AvgIpc) is 2.40. The number of nitrogens with one attached hydrogen (secondary N) is 1. The molecule has 1 aromatic rings. The monoisotopic (exact) mass is 279 g/mol. The second-order valence-electron chi connectivity index (χ2n) is 5.28. The van der Waals surface area contributed by atoms with Crippen molar-refractivity contribution in [1.29, 1.82) is 0 Å². The molecule has 4 heteroatoms. The highest BCUT2D eigenvalue weighted by atomic mass is 16.5. The average molecular weight is 279 g/mol. The minimum absolute atomic E-state index is 0.223. The summed E-state index contributed by atoms with van der Waals surface area (Å²) >= 11 is 0. The second kappa shape index (κ2) is 7.90. The van der Waals surface area contributed by atoms with E-state index in [9.17, 15) is 4.79 Å². The number of ether oxygens (including phenoxy) is 2. The van der Waals surface area contributed by atoms with E-state index in [1.165, 1.54) is 18.2 Å². The molecule has 1 aromatic carbocycles. The molecular formula is C16H25NO3. The Hall–Kier alpha value is -1.55. The summed E-state index contributed by atoms with van der Waals surface area (Å²) in [5.74, 6) is 0.587. The highest BCUT2D eigenvalue weighted by Crippen LogP contribution is 2.16. The molecule has 112 valence electrons. The summed E-state index contributed by atoms with van der Waals surface area (Å²) in [4.78, 5) is 11.6. The molecule has 0 spiro atoms. The van der Waals surface area contributed by atoms with Crippen molar-refractivity contribution in [2.45, 2.75) is 46.2 Å². The van der Waals surface area contributed by atoms with Crippen molar-refractivity contribution in [2.75, 3.05) is 13.7 Å². The van der Waals surface area contributed by atoms with Gasteiger partial charge in [0, 0.05) is 12.5 Å². The van der Waals surface area contributed by atoms with Crippen LogP contribution in [0.5, 0.6) is 5.75 Å². The van der Waals surface area contributed by atoms with Gasteiger partial charge in [-0.15, -0.1) is 0 Å². The molecule has 1 rings (SSSR count). The van der Waals surface area contributed by atoms with E-state index in [0.717, 1.165) is 5.75 Å². The summed E-state index contributed by atoms with van der Waals surface area (Å²) in [5.41, 5.74) is 2.44. The summed E-state index contributed by atoms with van der Waals surface area (Å²) in [6, 6.07) is 5.89. The maximum Gasteiger partial charge on any atom is 0.322 e. The SMILES string of the molecule is COC(=O)C(CCOc1ccc(C)c(C)c1)NC(C)C. The third-order valence-corrected chi connectivity index (χ3v) is 3.17. The van der Waals surface area contributed by atoms with Crippen LogP contribution in [0.3, 0.4) is 0 Å². The Kier molecular flexibility index (Phi) is 6.52. The van der Waals surface area contributed by atoms with Crippen LogP contribution in [0.25, 0.3) is 0 Å². The van der Waals surface area contributed by atoms with Gasteiger partial charge in [0.05, 0.1) is 13.7 Å². The molecule has 1 unspecified atom stereocenters. The van der Waals surface area contributed by atoms with Crippen LogP contribution in [-0.4, -0.2) is 31.8 Å². The predicted molar refractivity (Wildman–Crippen MR) is 80.1 cm³/mol. The van der Waals surface area contributed by atoms with Gasteiger partial charge in [-0.05, 0) is 37.1 Å². The molecule has 0 fully saturated rings. The van der Waals surface area contributed by atoms with Gasteiger partial charge < -0.3 is 14.8 Å². The molecule has 0 heterocycles. The van der Waals surface area contributed by atoms with Crippen LogP contribution in [-0.2, 0) is 9.53 Å². The lowest BCUT2D eigenvalue weighted by Gasteiger charge is -2.19. The Balaban J connectivity index is 2.50. The van der Waals surface area contributed by atoms with Gasteiger partial charge in [0.25, 0.3) is 0 Å². The Morgan fingerprint density at radius 1 is 1.25 bits per heavy atom. The first-order valence-corrected chi connectivity index (χ1v) is 6.98. The minimum Gasteiger partial charge on any atom is -0.494 e. The molecule has 0 saturated carbocycles. The molecule has 20 heavy (non-hydrogen) atoms. The van der Waals surface area contributed by atoms with Gasteiger partial charge in [0.1, 0.15) is 11.8 Å². The second-order valence-corrected chi connectivity index (χ2v) is 5.28. The highest BCUT2D eigenvalue weighted by molar-refractivity contribution is 5.75. The third kappa shape index (κ3) is 5.21. The zero-order valence-corrected chi connectivity index (χ0v) is 13.0. The van der Waals surface area contributed by atoms with Gasteiger partial charge in [0.2, 0.25) is 0 Å². The van der Waals surface area contributed by atoms with E-state index in [2.05, 4.69) is 19.2 Å². The van der Waals surface area contributed by atoms with Crippen molar-refractivity contribution in [1.82, 2.24) is 5.32 Å². The van der Waals surface area contributed by atoms with Crippen molar-refractivity contribution in [3.8, 4) is 5.75 Å². The van der Waals surface area contributed by atoms with E-state index in [-0.39, 0.29) is 18.1 Å². The molecule has 0 radical (unpaired) electrons. The Morgan fingerprint density at radius 3 is 2.50 bits per heavy atom. The molecule has 0 aliphatic rings. The number of carbonyl (C=O) groups is 1. The zero-order chi connectivity index (χ0) is 15.1. The maximum atomic E-state index is 11.6. The van der Waals surface area contributed by atoms with E-state index in [0.29, 0.717) is 13.0 Å². The quantitative estimate of drug-likeness (QED) is 0.779. The van der Waals surface area contributed by atoms with E-state index in [1.54, 1.807) is 0 Å². The number of carbonyl (C=O) groups excluding carboxylic acids is 1. The number of hydrogen-bond acceptors (Lipinski definition) is 4. The van der Waals surface area contributed by atoms with Gasteiger partial charge in [-0.25, -0.2) is 0 Å². The van der Waals surface area contributed by atoms with Crippen LogP contribution >= 0.6 is 0 Å². The Bertz CT molecular complexity index is 443. The fourth-order valence-electron chi connectivity index (χ4n) is 1.91. The smallest absolute Gasteiger partial charge is 0.322 e. The molecule has 1 N–H and O–H groups in total. The lowest BCUT2D eigenvalue weighted by molar-refractivity contribution is -0.143. The summed E-state index contributed by atoms with van der Waals surface area (Å²) < 4.78 is 10.5. The molecule has 0 aliphatic carbocycles. The fraction of sp³-hybridized carbons (Fsp3) is 0.562. The molecule has 4 nitrogen and oxygen atoms in total. The molecule has 0 aromatic heterocycles. The number of hydrogen-bond donors (Lipinski definition) is 1. The van der Waals surface area contributed by atoms with Crippen LogP contribution in [0.15, 0.2) is 18.2 Å². The molecular weight excluding hydrogens is 254 g/mol.